The number of aromatic hydroxyl groups is 2. The van der Waals surface area contributed by atoms with Crippen molar-refractivity contribution in [2.45, 2.75) is 0 Å². The number of phenolic OH excluding ortho intramolecular Hbond substituents is 2. The Hall–Kier alpha value is -1.42. The molecule has 4 heteroatoms. The van der Waals surface area contributed by atoms with Gasteiger partial charge in [0.25, 0.3) is 0 Å². The molecule has 4 nitrogen and oxygen atoms in total. The van der Waals surface area contributed by atoms with E-state index in [1.165, 1.54) is 18.2 Å². The van der Waals surface area contributed by atoms with Crippen molar-refractivity contribution in [2.24, 2.45) is 0 Å². The van der Waals surface area contributed by atoms with Gasteiger partial charge in [-0.05, 0) is 12.1 Å². The van der Waals surface area contributed by atoms with E-state index >= 15 is 0 Å². The number of ether oxygens (including phenoxy) is 1. The minimum Gasteiger partial charge on any atom is -0.504 e. The number of para-hydroxylation sites is 1. The summed E-state index contributed by atoms with van der Waals surface area (Å²) < 4.78 is 4.56. The maximum absolute atomic E-state index is 9.04. The third kappa shape index (κ3) is 1.53. The molecule has 0 bridgehead atoms. The first-order chi connectivity index (χ1) is 5.25. The van der Waals surface area contributed by atoms with Gasteiger partial charge in [-0.2, -0.15) is 0 Å². The van der Waals surface area contributed by atoms with Gasteiger partial charge in [-0.1, -0.05) is 6.07 Å². The highest BCUT2D eigenvalue weighted by Crippen LogP contribution is 2.34. The lowest BCUT2D eigenvalue weighted by Crippen LogP contribution is -1.94. The molecule has 0 aliphatic rings. The van der Waals surface area contributed by atoms with Gasteiger partial charge in [0, 0.05) is 0 Å². The highest BCUT2D eigenvalue weighted by molar-refractivity contribution is 5.48. The quantitative estimate of drug-likeness (QED) is 0.429. The Kier molecular flexibility index (Phi) is 2.18. The molecular weight excluding hydrogens is 148 g/mol. The Morgan fingerprint density at radius 3 is 2.64 bits per heavy atom. The van der Waals surface area contributed by atoms with Crippen molar-refractivity contribution in [3.05, 3.63) is 18.2 Å². The summed E-state index contributed by atoms with van der Waals surface area (Å²) in [6.45, 7) is -0.531. The second-order valence-corrected chi connectivity index (χ2v) is 1.90. The van der Waals surface area contributed by atoms with E-state index in [9.17, 15) is 0 Å². The van der Waals surface area contributed by atoms with Crippen molar-refractivity contribution in [3.8, 4) is 17.2 Å². The van der Waals surface area contributed by atoms with E-state index < -0.39 is 6.79 Å². The summed E-state index contributed by atoms with van der Waals surface area (Å²) in [5.41, 5.74) is 0. The number of rotatable bonds is 2. The maximum atomic E-state index is 9.04. The molecule has 0 spiro atoms. The number of hydrogen-bond donors (Lipinski definition) is 3. The van der Waals surface area contributed by atoms with E-state index in [4.69, 9.17) is 15.3 Å². The van der Waals surface area contributed by atoms with Crippen LogP contribution in [-0.2, 0) is 0 Å². The van der Waals surface area contributed by atoms with Gasteiger partial charge < -0.3 is 20.1 Å². The first kappa shape index (κ1) is 7.68. The minimum atomic E-state index is -0.531. The SMILES string of the molecule is OCOc1cccc(O)c1O. The smallest absolute Gasteiger partial charge is 0.200 e. The third-order valence-corrected chi connectivity index (χ3v) is 1.20. The molecule has 1 aromatic carbocycles. The van der Waals surface area contributed by atoms with Crippen LogP contribution in [0.3, 0.4) is 0 Å². The van der Waals surface area contributed by atoms with Gasteiger partial charge in [0.2, 0.25) is 5.75 Å². The number of benzene rings is 1. The number of aliphatic hydroxyl groups excluding tert-OH is 1. The second kappa shape index (κ2) is 3.12. The molecule has 0 aliphatic heterocycles. The molecule has 0 heterocycles. The molecule has 0 amide bonds. The molecule has 0 fully saturated rings. The number of hydrogen-bond acceptors (Lipinski definition) is 4. The van der Waals surface area contributed by atoms with Crippen molar-refractivity contribution in [1.29, 1.82) is 0 Å². The van der Waals surface area contributed by atoms with E-state index in [0.717, 1.165) is 0 Å². The van der Waals surface area contributed by atoms with Crippen LogP contribution in [0.15, 0.2) is 18.2 Å². The van der Waals surface area contributed by atoms with Crippen LogP contribution in [0.1, 0.15) is 0 Å². The van der Waals surface area contributed by atoms with Gasteiger partial charge in [0.15, 0.2) is 18.3 Å². The van der Waals surface area contributed by atoms with Crippen LogP contribution in [0, 0.1) is 0 Å². The van der Waals surface area contributed by atoms with Crippen LogP contribution in [0.4, 0.5) is 0 Å². The van der Waals surface area contributed by atoms with Crippen LogP contribution < -0.4 is 4.74 Å². The van der Waals surface area contributed by atoms with E-state index in [-0.39, 0.29) is 17.2 Å². The monoisotopic (exact) mass is 156 g/mol. The Labute approximate surface area is 63.3 Å². The molecule has 0 aliphatic carbocycles. The highest BCUT2D eigenvalue weighted by atomic mass is 16.6. The Morgan fingerprint density at radius 1 is 1.27 bits per heavy atom. The predicted molar refractivity (Wildman–Crippen MR) is 37.5 cm³/mol. The van der Waals surface area contributed by atoms with Crippen molar-refractivity contribution >= 4 is 0 Å². The van der Waals surface area contributed by atoms with Gasteiger partial charge in [0.05, 0.1) is 0 Å². The van der Waals surface area contributed by atoms with E-state index in [1.54, 1.807) is 0 Å². The molecular formula is C7H8O4. The van der Waals surface area contributed by atoms with Crippen LogP contribution in [-0.4, -0.2) is 22.1 Å². The zero-order chi connectivity index (χ0) is 8.27. The topological polar surface area (TPSA) is 69.9 Å². The molecule has 60 valence electrons. The molecule has 0 unspecified atom stereocenters. The molecule has 1 rings (SSSR count). The lowest BCUT2D eigenvalue weighted by Gasteiger charge is -2.04. The van der Waals surface area contributed by atoms with Crippen LogP contribution in [0.5, 0.6) is 17.2 Å². The van der Waals surface area contributed by atoms with Gasteiger partial charge in [-0.25, -0.2) is 0 Å². The summed E-state index contributed by atoms with van der Waals surface area (Å²) in [7, 11) is 0. The van der Waals surface area contributed by atoms with Crippen LogP contribution in [0.2, 0.25) is 0 Å². The average Bonchev–Trinajstić information content (AvgIpc) is 1.99. The molecule has 0 saturated carbocycles. The van der Waals surface area contributed by atoms with Crippen molar-refractivity contribution < 1.29 is 20.1 Å². The Morgan fingerprint density at radius 2 is 2.00 bits per heavy atom. The summed E-state index contributed by atoms with van der Waals surface area (Å²) in [6, 6.07) is 4.25. The van der Waals surface area contributed by atoms with Gasteiger partial charge in [-0.15, -0.1) is 0 Å². The molecule has 3 N–H and O–H groups in total. The highest BCUT2D eigenvalue weighted by Gasteiger charge is 2.04. The number of phenols is 2. The fourth-order valence-electron chi connectivity index (χ4n) is 0.697. The van der Waals surface area contributed by atoms with Crippen molar-refractivity contribution in [1.82, 2.24) is 0 Å². The summed E-state index contributed by atoms with van der Waals surface area (Å²) in [5, 5.41) is 26.3. The standard InChI is InChI=1S/C7H8O4/c8-4-11-6-3-1-2-5(9)7(6)10/h1-3,8-10H,4H2. The zero-order valence-electron chi connectivity index (χ0n) is 5.69. The maximum Gasteiger partial charge on any atom is 0.200 e. The van der Waals surface area contributed by atoms with Crippen LogP contribution in [0.25, 0.3) is 0 Å². The summed E-state index contributed by atoms with van der Waals surface area (Å²) in [5.74, 6) is -0.565. The van der Waals surface area contributed by atoms with E-state index in [1.807, 2.05) is 0 Å². The van der Waals surface area contributed by atoms with Gasteiger partial charge in [0.1, 0.15) is 0 Å². The fraction of sp³-hybridized carbons (Fsp3) is 0.143. The minimum absolute atomic E-state index is 0.0625. The lowest BCUT2D eigenvalue weighted by atomic mass is 10.3. The Balaban J connectivity index is 2.96. The van der Waals surface area contributed by atoms with Crippen molar-refractivity contribution in [3.63, 3.8) is 0 Å². The first-order valence-corrected chi connectivity index (χ1v) is 3.00. The molecule has 0 atom stereocenters. The summed E-state index contributed by atoms with van der Waals surface area (Å²) >= 11 is 0. The second-order valence-electron chi connectivity index (χ2n) is 1.90. The molecule has 0 saturated heterocycles. The lowest BCUT2D eigenvalue weighted by molar-refractivity contribution is 0.0951. The summed E-state index contributed by atoms with van der Waals surface area (Å²) in [6.07, 6.45) is 0. The number of aliphatic hydroxyl groups is 1. The van der Waals surface area contributed by atoms with Gasteiger partial charge in [-0.3, -0.25) is 0 Å². The van der Waals surface area contributed by atoms with E-state index in [2.05, 4.69) is 4.74 Å². The van der Waals surface area contributed by atoms with Gasteiger partial charge >= 0.3 is 0 Å². The largest absolute Gasteiger partial charge is 0.504 e. The zero-order valence-corrected chi connectivity index (χ0v) is 5.69. The van der Waals surface area contributed by atoms with E-state index in [0.29, 0.717) is 0 Å². The Bertz CT molecular complexity index is 246. The van der Waals surface area contributed by atoms with Crippen LogP contribution >= 0.6 is 0 Å². The molecule has 0 radical (unpaired) electrons. The van der Waals surface area contributed by atoms with Crippen molar-refractivity contribution in [2.75, 3.05) is 6.79 Å². The average molecular weight is 156 g/mol. The third-order valence-electron chi connectivity index (χ3n) is 1.20. The molecule has 0 aromatic heterocycles. The fourth-order valence-corrected chi connectivity index (χ4v) is 0.697. The summed E-state index contributed by atoms with van der Waals surface area (Å²) in [4.78, 5) is 0. The first-order valence-electron chi connectivity index (χ1n) is 3.00. The molecule has 1 aromatic rings. The normalized spacial score (nSPS) is 9.55. The molecule has 11 heavy (non-hydrogen) atoms. The predicted octanol–water partition coefficient (Wildman–Crippen LogP) is 0.426.